The van der Waals surface area contributed by atoms with Crippen LogP contribution in [-0.4, -0.2) is 21.6 Å². The van der Waals surface area contributed by atoms with E-state index in [1.165, 1.54) is 5.56 Å². The first-order chi connectivity index (χ1) is 11.0. The molecule has 0 amide bonds. The Morgan fingerprint density at radius 2 is 2.00 bits per heavy atom. The number of aromatic nitrogens is 2. The first-order valence-electron chi connectivity index (χ1n) is 8.11. The molecule has 4 N–H and O–H groups in total. The third-order valence-electron chi connectivity index (χ3n) is 4.01. The maximum absolute atomic E-state index is 9.24. The summed E-state index contributed by atoms with van der Waals surface area (Å²) in [4.78, 5) is 8.69. The van der Waals surface area contributed by atoms with Crippen molar-refractivity contribution in [1.29, 1.82) is 0 Å². The van der Waals surface area contributed by atoms with E-state index in [0.29, 0.717) is 5.95 Å². The predicted octanol–water partition coefficient (Wildman–Crippen LogP) is 2.97. The van der Waals surface area contributed by atoms with Gasteiger partial charge in [-0.05, 0) is 37.0 Å². The van der Waals surface area contributed by atoms with E-state index in [4.69, 9.17) is 5.73 Å². The zero-order valence-corrected chi connectivity index (χ0v) is 14.2. The molecule has 0 saturated heterocycles. The highest BCUT2D eigenvalue weighted by atomic mass is 16.3. The molecular formula is C18H26N4O. The van der Waals surface area contributed by atoms with Crippen LogP contribution < -0.4 is 11.1 Å². The van der Waals surface area contributed by atoms with Crippen LogP contribution in [0.3, 0.4) is 0 Å². The second-order valence-corrected chi connectivity index (χ2v) is 5.87. The van der Waals surface area contributed by atoms with Gasteiger partial charge in [-0.25, -0.2) is 4.98 Å². The van der Waals surface area contributed by atoms with Gasteiger partial charge in [0.05, 0.1) is 6.61 Å². The Labute approximate surface area is 138 Å². The third kappa shape index (κ3) is 4.42. The van der Waals surface area contributed by atoms with Crippen LogP contribution in [0.25, 0.3) is 0 Å². The van der Waals surface area contributed by atoms with E-state index >= 15 is 0 Å². The van der Waals surface area contributed by atoms with Crippen molar-refractivity contribution in [2.45, 2.75) is 46.6 Å². The number of nitrogen functional groups attached to an aromatic ring is 1. The molecule has 0 radical (unpaired) electrons. The summed E-state index contributed by atoms with van der Waals surface area (Å²) in [6.45, 7) is 7.13. The Balaban J connectivity index is 2.30. The molecule has 23 heavy (non-hydrogen) atoms. The van der Waals surface area contributed by atoms with Crippen LogP contribution in [0, 0.1) is 13.8 Å². The smallest absolute Gasteiger partial charge is 0.222 e. The second kappa shape index (κ2) is 7.92. The molecule has 1 aromatic carbocycles. The topological polar surface area (TPSA) is 84.1 Å². The molecule has 1 heterocycles. The Morgan fingerprint density at radius 1 is 1.22 bits per heavy atom. The van der Waals surface area contributed by atoms with Gasteiger partial charge >= 0.3 is 0 Å². The van der Waals surface area contributed by atoms with Crippen LogP contribution in [0.5, 0.6) is 0 Å². The minimum Gasteiger partial charge on any atom is -0.392 e. The average molecular weight is 314 g/mol. The average Bonchev–Trinajstić information content (AvgIpc) is 2.52. The molecule has 0 bridgehead atoms. The molecule has 0 aliphatic heterocycles. The summed E-state index contributed by atoms with van der Waals surface area (Å²) in [6, 6.07) is 6.04. The van der Waals surface area contributed by atoms with Gasteiger partial charge in [0.1, 0.15) is 5.82 Å². The van der Waals surface area contributed by atoms with E-state index in [0.717, 1.165) is 54.0 Å². The van der Waals surface area contributed by atoms with Crippen LogP contribution in [0.4, 0.5) is 11.8 Å². The zero-order valence-electron chi connectivity index (χ0n) is 14.2. The molecular weight excluding hydrogens is 288 g/mol. The molecule has 0 aliphatic carbocycles. The highest BCUT2D eigenvalue weighted by Crippen LogP contribution is 2.23. The van der Waals surface area contributed by atoms with Crippen LogP contribution >= 0.6 is 0 Å². The lowest BCUT2D eigenvalue weighted by atomic mass is 9.98. The molecule has 124 valence electrons. The Bertz CT molecular complexity index is 670. The summed E-state index contributed by atoms with van der Waals surface area (Å²) in [7, 11) is 0. The summed E-state index contributed by atoms with van der Waals surface area (Å²) in [5.74, 6) is 1.13. The van der Waals surface area contributed by atoms with Crippen LogP contribution in [0.15, 0.2) is 18.2 Å². The summed E-state index contributed by atoms with van der Waals surface area (Å²) in [6.07, 6.45) is 2.97. The number of nitrogens with one attached hydrogen (secondary N) is 1. The van der Waals surface area contributed by atoms with E-state index in [2.05, 4.69) is 35.2 Å². The summed E-state index contributed by atoms with van der Waals surface area (Å²) < 4.78 is 0. The first-order valence-corrected chi connectivity index (χ1v) is 8.11. The number of nitrogens with two attached hydrogens (primary N) is 1. The van der Waals surface area contributed by atoms with Gasteiger partial charge < -0.3 is 16.2 Å². The predicted molar refractivity (Wildman–Crippen MR) is 94.5 cm³/mol. The molecule has 0 saturated carbocycles. The maximum atomic E-state index is 9.24. The fraction of sp³-hybridized carbons (Fsp3) is 0.444. The number of aliphatic hydroxyl groups is 1. The fourth-order valence-electron chi connectivity index (χ4n) is 2.60. The largest absolute Gasteiger partial charge is 0.392 e. The number of aliphatic hydroxyl groups excluding tert-OH is 1. The zero-order chi connectivity index (χ0) is 16.8. The number of anilines is 2. The highest BCUT2D eigenvalue weighted by Gasteiger charge is 2.12. The number of hydrogen-bond donors (Lipinski definition) is 3. The summed E-state index contributed by atoms with van der Waals surface area (Å²) >= 11 is 0. The van der Waals surface area contributed by atoms with Gasteiger partial charge in [-0.2, -0.15) is 4.98 Å². The van der Waals surface area contributed by atoms with Crippen molar-refractivity contribution in [2.24, 2.45) is 0 Å². The summed E-state index contributed by atoms with van der Waals surface area (Å²) in [5, 5.41) is 12.6. The molecule has 0 atom stereocenters. The molecule has 0 unspecified atom stereocenters. The van der Waals surface area contributed by atoms with Crippen LogP contribution in [0.2, 0.25) is 0 Å². The lowest BCUT2D eigenvalue weighted by molar-refractivity contribution is 0.281. The van der Waals surface area contributed by atoms with Crippen LogP contribution in [0.1, 0.15) is 47.7 Å². The monoisotopic (exact) mass is 314 g/mol. The molecule has 5 nitrogen and oxygen atoms in total. The van der Waals surface area contributed by atoms with E-state index in [-0.39, 0.29) is 6.61 Å². The van der Waals surface area contributed by atoms with Crippen molar-refractivity contribution < 1.29 is 5.11 Å². The Morgan fingerprint density at radius 3 is 2.65 bits per heavy atom. The Hall–Kier alpha value is -2.14. The number of unbranched alkanes of at least 4 members (excludes halogenated alkanes) is 1. The lowest BCUT2D eigenvalue weighted by Crippen LogP contribution is -2.11. The van der Waals surface area contributed by atoms with Crippen molar-refractivity contribution in [1.82, 2.24) is 9.97 Å². The third-order valence-corrected chi connectivity index (χ3v) is 4.01. The quantitative estimate of drug-likeness (QED) is 0.684. The van der Waals surface area contributed by atoms with Gasteiger partial charge in [0.2, 0.25) is 5.95 Å². The highest BCUT2D eigenvalue weighted by molar-refractivity contribution is 5.52. The van der Waals surface area contributed by atoms with E-state index < -0.39 is 0 Å². The normalized spacial score (nSPS) is 10.8. The molecule has 0 spiro atoms. The van der Waals surface area contributed by atoms with Crippen LogP contribution in [-0.2, 0) is 13.0 Å². The minimum absolute atomic E-state index is 0.0644. The van der Waals surface area contributed by atoms with Crippen molar-refractivity contribution >= 4 is 11.8 Å². The van der Waals surface area contributed by atoms with Crippen molar-refractivity contribution in [3.8, 4) is 0 Å². The van der Waals surface area contributed by atoms with Gasteiger partial charge in [-0.3, -0.25) is 0 Å². The van der Waals surface area contributed by atoms with Gasteiger partial charge in [0.15, 0.2) is 0 Å². The number of nitrogens with zero attached hydrogens (tertiary/aromatic N) is 2. The maximum Gasteiger partial charge on any atom is 0.222 e. The number of benzene rings is 1. The standard InChI is InChI=1S/C18H26N4O/c1-4-5-8-20-17-16(13(3)21-18(19)22-17)10-15-7-6-14(11-23)9-12(15)2/h6-7,9,23H,4-5,8,10-11H2,1-3H3,(H3,19,20,21,22). The van der Waals surface area contributed by atoms with E-state index in [1.54, 1.807) is 0 Å². The van der Waals surface area contributed by atoms with Crippen molar-refractivity contribution in [3.63, 3.8) is 0 Å². The molecule has 2 aromatic rings. The van der Waals surface area contributed by atoms with Gasteiger partial charge in [-0.15, -0.1) is 0 Å². The number of hydrogen-bond acceptors (Lipinski definition) is 5. The number of rotatable bonds is 7. The SMILES string of the molecule is CCCCNc1nc(N)nc(C)c1Cc1ccc(CO)cc1C. The van der Waals surface area contributed by atoms with Crippen molar-refractivity contribution in [2.75, 3.05) is 17.6 Å². The minimum atomic E-state index is 0.0644. The lowest BCUT2D eigenvalue weighted by Gasteiger charge is -2.15. The van der Waals surface area contributed by atoms with Gasteiger partial charge in [0.25, 0.3) is 0 Å². The molecule has 2 rings (SSSR count). The number of aryl methyl sites for hydroxylation is 2. The second-order valence-electron chi connectivity index (χ2n) is 5.87. The Kier molecular flexibility index (Phi) is 5.93. The van der Waals surface area contributed by atoms with Gasteiger partial charge in [0, 0.05) is 24.2 Å². The van der Waals surface area contributed by atoms with Gasteiger partial charge in [-0.1, -0.05) is 31.5 Å². The fourth-order valence-corrected chi connectivity index (χ4v) is 2.60. The summed E-state index contributed by atoms with van der Waals surface area (Å²) in [5.41, 5.74) is 11.1. The van der Waals surface area contributed by atoms with E-state index in [9.17, 15) is 5.11 Å². The molecule has 0 aliphatic rings. The first kappa shape index (κ1) is 17.2. The van der Waals surface area contributed by atoms with Crippen molar-refractivity contribution in [3.05, 3.63) is 46.1 Å². The molecule has 0 fully saturated rings. The van der Waals surface area contributed by atoms with E-state index in [1.807, 2.05) is 19.1 Å². The molecule has 5 heteroatoms. The molecule has 1 aromatic heterocycles.